The zero-order chi connectivity index (χ0) is 17.4. The van der Waals surface area contributed by atoms with Gasteiger partial charge in [-0.05, 0) is 12.1 Å². The largest absolute Gasteiger partial charge is 0.493 e. The summed E-state index contributed by atoms with van der Waals surface area (Å²) in [6, 6.07) is 7.34. The van der Waals surface area contributed by atoms with Crippen LogP contribution >= 0.6 is 0 Å². The Morgan fingerprint density at radius 3 is 2.38 bits per heavy atom. The summed E-state index contributed by atoms with van der Waals surface area (Å²) >= 11 is 0. The third-order valence-corrected chi connectivity index (χ3v) is 4.01. The highest BCUT2D eigenvalue weighted by molar-refractivity contribution is 5.76. The predicted octanol–water partition coefficient (Wildman–Crippen LogP) is 1.08. The number of carbonyl (C=O) groups excluding carboxylic acids is 1. The van der Waals surface area contributed by atoms with Gasteiger partial charge in [0.15, 0.2) is 11.5 Å². The van der Waals surface area contributed by atoms with Gasteiger partial charge in [0.1, 0.15) is 0 Å². The van der Waals surface area contributed by atoms with Crippen LogP contribution in [-0.4, -0.2) is 73.2 Å². The van der Waals surface area contributed by atoms with E-state index in [-0.39, 0.29) is 12.3 Å². The smallest absolute Gasteiger partial charge is 0.304 e. The molecule has 0 unspecified atom stereocenters. The minimum absolute atomic E-state index is 0.0581. The number of rotatable bonds is 8. The van der Waals surface area contributed by atoms with Crippen LogP contribution < -0.4 is 9.47 Å². The third kappa shape index (κ3) is 5.42. The molecule has 0 spiro atoms. The molecule has 0 atom stereocenters. The molecule has 0 radical (unpaired) electrons. The molecule has 1 aliphatic heterocycles. The van der Waals surface area contributed by atoms with Crippen LogP contribution in [0.4, 0.5) is 0 Å². The molecule has 1 aromatic rings. The minimum atomic E-state index is -0.790. The number of para-hydroxylation sites is 2. The fourth-order valence-corrected chi connectivity index (χ4v) is 2.62. The van der Waals surface area contributed by atoms with Crippen LogP contribution in [0, 0.1) is 0 Å². The Morgan fingerprint density at radius 1 is 1.08 bits per heavy atom. The number of ether oxygens (including phenoxy) is 2. The van der Waals surface area contributed by atoms with E-state index in [9.17, 15) is 9.59 Å². The first-order valence-corrected chi connectivity index (χ1v) is 8.08. The fourth-order valence-electron chi connectivity index (χ4n) is 2.62. The minimum Gasteiger partial charge on any atom is -0.493 e. The van der Waals surface area contributed by atoms with E-state index in [1.54, 1.807) is 7.11 Å². The molecule has 24 heavy (non-hydrogen) atoms. The van der Waals surface area contributed by atoms with Crippen LogP contribution in [-0.2, 0) is 9.59 Å². The van der Waals surface area contributed by atoms with Gasteiger partial charge in [0, 0.05) is 32.7 Å². The SMILES string of the molecule is COc1ccccc1OCCC(=O)N1CCN(CCC(=O)O)CC1. The number of methoxy groups -OCH3 is 1. The van der Waals surface area contributed by atoms with Crippen molar-refractivity contribution < 1.29 is 24.2 Å². The molecular formula is C17H24N2O5. The second-order valence-corrected chi connectivity index (χ2v) is 5.62. The first kappa shape index (κ1) is 18.1. The Hall–Kier alpha value is -2.28. The molecule has 1 fully saturated rings. The van der Waals surface area contributed by atoms with Crippen molar-refractivity contribution in [3.8, 4) is 11.5 Å². The van der Waals surface area contributed by atoms with Gasteiger partial charge in [0.2, 0.25) is 5.91 Å². The van der Waals surface area contributed by atoms with Crippen molar-refractivity contribution >= 4 is 11.9 Å². The highest BCUT2D eigenvalue weighted by atomic mass is 16.5. The lowest BCUT2D eigenvalue weighted by Gasteiger charge is -2.34. The number of carboxylic acids is 1. The second-order valence-electron chi connectivity index (χ2n) is 5.62. The molecule has 1 aliphatic rings. The first-order valence-electron chi connectivity index (χ1n) is 8.08. The maximum absolute atomic E-state index is 12.2. The number of aliphatic carboxylic acids is 1. The molecule has 1 heterocycles. The summed E-state index contributed by atoms with van der Waals surface area (Å²) in [6.07, 6.45) is 0.452. The molecule has 0 bridgehead atoms. The Morgan fingerprint density at radius 2 is 1.75 bits per heavy atom. The summed E-state index contributed by atoms with van der Waals surface area (Å²) in [6.45, 7) is 3.53. The van der Waals surface area contributed by atoms with Gasteiger partial charge in [-0.1, -0.05) is 12.1 Å². The second kappa shape index (κ2) is 9.12. The Bertz CT molecular complexity index is 556. The number of carbonyl (C=O) groups is 2. The van der Waals surface area contributed by atoms with Crippen molar-refractivity contribution in [2.24, 2.45) is 0 Å². The van der Waals surface area contributed by atoms with Gasteiger partial charge >= 0.3 is 5.97 Å². The number of nitrogens with zero attached hydrogens (tertiary/aromatic N) is 2. The summed E-state index contributed by atoms with van der Waals surface area (Å²) in [5, 5.41) is 8.70. The molecule has 1 N–H and O–H groups in total. The predicted molar refractivity (Wildman–Crippen MR) is 88.4 cm³/mol. The van der Waals surface area contributed by atoms with Crippen LogP contribution in [0.2, 0.25) is 0 Å². The highest BCUT2D eigenvalue weighted by Crippen LogP contribution is 2.25. The Labute approximate surface area is 141 Å². The third-order valence-electron chi connectivity index (χ3n) is 4.01. The molecule has 2 rings (SSSR count). The fraction of sp³-hybridized carbons (Fsp3) is 0.529. The molecule has 1 amide bonds. The van der Waals surface area contributed by atoms with Crippen LogP contribution in [0.1, 0.15) is 12.8 Å². The summed E-state index contributed by atoms with van der Waals surface area (Å²) < 4.78 is 10.8. The van der Waals surface area contributed by atoms with E-state index < -0.39 is 5.97 Å². The van der Waals surface area contributed by atoms with Gasteiger partial charge in [0.25, 0.3) is 0 Å². The molecule has 0 aromatic heterocycles. The summed E-state index contributed by atoms with van der Waals surface area (Å²) in [5.41, 5.74) is 0. The monoisotopic (exact) mass is 336 g/mol. The molecule has 0 aliphatic carbocycles. The van der Waals surface area contributed by atoms with Crippen molar-refractivity contribution in [3.63, 3.8) is 0 Å². The summed E-state index contributed by atoms with van der Waals surface area (Å²) in [5.74, 6) is 0.549. The lowest BCUT2D eigenvalue weighted by Crippen LogP contribution is -2.49. The van der Waals surface area contributed by atoms with E-state index >= 15 is 0 Å². The van der Waals surface area contributed by atoms with Gasteiger partial charge in [0.05, 0.1) is 26.6 Å². The Balaban J connectivity index is 1.69. The lowest BCUT2D eigenvalue weighted by molar-refractivity contribution is -0.138. The van der Waals surface area contributed by atoms with E-state index in [2.05, 4.69) is 4.90 Å². The molecule has 1 aromatic carbocycles. The highest BCUT2D eigenvalue weighted by Gasteiger charge is 2.21. The Kier molecular flexibility index (Phi) is 6.87. The summed E-state index contributed by atoms with van der Waals surface area (Å²) in [7, 11) is 1.58. The maximum Gasteiger partial charge on any atom is 0.304 e. The molecule has 0 saturated carbocycles. The maximum atomic E-state index is 12.2. The first-order chi connectivity index (χ1) is 11.6. The van der Waals surface area contributed by atoms with E-state index in [0.29, 0.717) is 57.3 Å². The molecule has 1 saturated heterocycles. The average Bonchev–Trinajstić information content (AvgIpc) is 2.60. The van der Waals surface area contributed by atoms with Crippen molar-refractivity contribution in [1.29, 1.82) is 0 Å². The van der Waals surface area contributed by atoms with E-state index in [1.165, 1.54) is 0 Å². The number of benzene rings is 1. The van der Waals surface area contributed by atoms with Crippen LogP contribution in [0.5, 0.6) is 11.5 Å². The molecule has 7 nitrogen and oxygen atoms in total. The van der Waals surface area contributed by atoms with Crippen LogP contribution in [0.3, 0.4) is 0 Å². The quantitative estimate of drug-likeness (QED) is 0.765. The number of hydrogen-bond donors (Lipinski definition) is 1. The number of amides is 1. The van der Waals surface area contributed by atoms with Crippen molar-refractivity contribution in [2.75, 3.05) is 46.4 Å². The lowest BCUT2D eigenvalue weighted by atomic mass is 10.2. The molecule has 132 valence electrons. The van der Waals surface area contributed by atoms with Crippen LogP contribution in [0.15, 0.2) is 24.3 Å². The van der Waals surface area contributed by atoms with Crippen molar-refractivity contribution in [1.82, 2.24) is 9.80 Å². The summed E-state index contributed by atoms with van der Waals surface area (Å²) in [4.78, 5) is 26.7. The van der Waals surface area contributed by atoms with Gasteiger partial charge in [-0.25, -0.2) is 0 Å². The normalized spacial score (nSPS) is 15.1. The van der Waals surface area contributed by atoms with Gasteiger partial charge < -0.3 is 19.5 Å². The zero-order valence-electron chi connectivity index (χ0n) is 13.9. The number of carboxylic acid groups (broad SMARTS) is 1. The zero-order valence-corrected chi connectivity index (χ0v) is 13.9. The van der Waals surface area contributed by atoms with Gasteiger partial charge in [-0.2, -0.15) is 0 Å². The number of hydrogen-bond acceptors (Lipinski definition) is 5. The van der Waals surface area contributed by atoms with Crippen LogP contribution in [0.25, 0.3) is 0 Å². The average molecular weight is 336 g/mol. The van der Waals surface area contributed by atoms with E-state index in [0.717, 1.165) is 0 Å². The van der Waals surface area contributed by atoms with E-state index in [1.807, 2.05) is 29.2 Å². The van der Waals surface area contributed by atoms with Gasteiger partial charge in [-0.15, -0.1) is 0 Å². The van der Waals surface area contributed by atoms with E-state index in [4.69, 9.17) is 14.6 Å². The van der Waals surface area contributed by atoms with Crippen molar-refractivity contribution in [3.05, 3.63) is 24.3 Å². The molecule has 7 heteroatoms. The van der Waals surface area contributed by atoms with Gasteiger partial charge in [-0.3, -0.25) is 14.5 Å². The van der Waals surface area contributed by atoms with Crippen molar-refractivity contribution in [2.45, 2.75) is 12.8 Å². The molecular weight excluding hydrogens is 312 g/mol. The standard InChI is InChI=1S/C17H24N2O5/c1-23-14-4-2-3-5-15(14)24-13-7-16(20)19-11-9-18(10-12-19)8-6-17(21)22/h2-5H,6-13H2,1H3,(H,21,22). The topological polar surface area (TPSA) is 79.3 Å². The number of piperazine rings is 1.